The highest BCUT2D eigenvalue weighted by atomic mass is 79.9. The number of halogens is 2. The molecule has 0 unspecified atom stereocenters. The molecule has 0 spiro atoms. The maximum absolute atomic E-state index is 5.95. The van der Waals surface area contributed by atoms with Crippen LogP contribution >= 0.6 is 27.5 Å². The van der Waals surface area contributed by atoms with E-state index in [1.54, 1.807) is 4.68 Å². The van der Waals surface area contributed by atoms with E-state index in [9.17, 15) is 0 Å². The Morgan fingerprint density at radius 1 is 1.33 bits per heavy atom. The standard InChI is InChI=1S/C11H10BrClN2/c1-8-11(13)7-15(14-8)10-4-2-9(6-12)3-5-10/h2-5,7H,6H2,1H3. The molecule has 1 heterocycles. The number of alkyl halides is 1. The van der Waals surface area contributed by atoms with E-state index in [0.717, 1.165) is 16.7 Å². The average Bonchev–Trinajstić information content (AvgIpc) is 2.59. The van der Waals surface area contributed by atoms with Gasteiger partial charge in [-0.3, -0.25) is 0 Å². The summed E-state index contributed by atoms with van der Waals surface area (Å²) in [5.74, 6) is 0. The predicted molar refractivity (Wildman–Crippen MR) is 65.9 cm³/mol. The van der Waals surface area contributed by atoms with E-state index in [2.05, 4.69) is 33.2 Å². The molecule has 0 bridgehead atoms. The summed E-state index contributed by atoms with van der Waals surface area (Å²) in [6, 6.07) is 8.18. The Balaban J connectivity index is 2.37. The van der Waals surface area contributed by atoms with Crippen molar-refractivity contribution in [1.29, 1.82) is 0 Å². The first-order chi connectivity index (χ1) is 7.20. The fraction of sp³-hybridized carbons (Fsp3) is 0.182. The molecule has 1 aromatic carbocycles. The van der Waals surface area contributed by atoms with Crippen molar-refractivity contribution < 1.29 is 0 Å². The van der Waals surface area contributed by atoms with Crippen LogP contribution in [0.4, 0.5) is 0 Å². The molecule has 0 amide bonds. The summed E-state index contributed by atoms with van der Waals surface area (Å²) in [5, 5.41) is 5.87. The van der Waals surface area contributed by atoms with Crippen LogP contribution in [0.25, 0.3) is 5.69 Å². The molecule has 0 atom stereocenters. The molecule has 2 aromatic rings. The van der Waals surface area contributed by atoms with Gasteiger partial charge in [-0.25, -0.2) is 4.68 Å². The molecule has 0 fully saturated rings. The molecule has 15 heavy (non-hydrogen) atoms. The molecule has 2 nitrogen and oxygen atoms in total. The van der Waals surface area contributed by atoms with Crippen molar-refractivity contribution in [1.82, 2.24) is 9.78 Å². The van der Waals surface area contributed by atoms with Crippen LogP contribution in [0.2, 0.25) is 5.02 Å². The second-order valence-corrected chi connectivity index (χ2v) is 4.28. The van der Waals surface area contributed by atoms with Gasteiger partial charge in [0.15, 0.2) is 0 Å². The number of nitrogens with zero attached hydrogens (tertiary/aromatic N) is 2. The van der Waals surface area contributed by atoms with Gasteiger partial charge in [-0.05, 0) is 24.6 Å². The normalized spacial score (nSPS) is 10.6. The molecule has 0 saturated carbocycles. The Labute approximate surface area is 102 Å². The van der Waals surface area contributed by atoms with E-state index >= 15 is 0 Å². The van der Waals surface area contributed by atoms with Gasteiger partial charge >= 0.3 is 0 Å². The Morgan fingerprint density at radius 3 is 2.47 bits per heavy atom. The van der Waals surface area contributed by atoms with E-state index in [1.807, 2.05) is 25.3 Å². The van der Waals surface area contributed by atoms with Gasteiger partial charge in [-0.2, -0.15) is 5.10 Å². The molecule has 0 N–H and O–H groups in total. The largest absolute Gasteiger partial charge is 0.239 e. The molecule has 0 aliphatic carbocycles. The highest BCUT2D eigenvalue weighted by Gasteiger charge is 2.03. The SMILES string of the molecule is Cc1nn(-c2ccc(CBr)cc2)cc1Cl. The van der Waals surface area contributed by atoms with Crippen LogP contribution in [0.15, 0.2) is 30.5 Å². The topological polar surface area (TPSA) is 17.8 Å². The molecular weight excluding hydrogens is 275 g/mol. The Morgan fingerprint density at radius 2 is 2.00 bits per heavy atom. The molecule has 78 valence electrons. The second-order valence-electron chi connectivity index (χ2n) is 3.31. The van der Waals surface area contributed by atoms with Gasteiger partial charge in [0.25, 0.3) is 0 Å². The van der Waals surface area contributed by atoms with E-state index in [0.29, 0.717) is 5.02 Å². The summed E-state index contributed by atoms with van der Waals surface area (Å²) in [5.41, 5.74) is 3.12. The van der Waals surface area contributed by atoms with Crippen molar-refractivity contribution in [2.75, 3.05) is 0 Å². The van der Waals surface area contributed by atoms with Crippen LogP contribution in [0.1, 0.15) is 11.3 Å². The van der Waals surface area contributed by atoms with Gasteiger partial charge in [0.2, 0.25) is 0 Å². The minimum Gasteiger partial charge on any atom is -0.239 e. The lowest BCUT2D eigenvalue weighted by atomic mass is 10.2. The second kappa shape index (κ2) is 4.37. The molecule has 0 saturated heterocycles. The maximum atomic E-state index is 5.95. The lowest BCUT2D eigenvalue weighted by molar-refractivity contribution is 0.862. The summed E-state index contributed by atoms with van der Waals surface area (Å²) in [7, 11) is 0. The van der Waals surface area contributed by atoms with Gasteiger partial charge in [-0.1, -0.05) is 39.7 Å². The van der Waals surface area contributed by atoms with E-state index in [4.69, 9.17) is 11.6 Å². The van der Waals surface area contributed by atoms with Crippen molar-refractivity contribution in [3.05, 3.63) is 46.7 Å². The lowest BCUT2D eigenvalue weighted by Gasteiger charge is -2.01. The Kier molecular flexibility index (Phi) is 3.12. The van der Waals surface area contributed by atoms with Crippen LogP contribution < -0.4 is 0 Å². The van der Waals surface area contributed by atoms with Gasteiger partial charge in [0.05, 0.1) is 16.4 Å². The minimum absolute atomic E-state index is 0.694. The monoisotopic (exact) mass is 284 g/mol. The number of aryl methyl sites for hydroxylation is 1. The molecule has 0 aliphatic heterocycles. The number of benzene rings is 1. The first kappa shape index (κ1) is 10.7. The third kappa shape index (κ3) is 2.24. The first-order valence-corrected chi connectivity index (χ1v) is 6.07. The van der Waals surface area contributed by atoms with Gasteiger partial charge in [0, 0.05) is 11.5 Å². The summed E-state index contributed by atoms with van der Waals surface area (Å²) in [4.78, 5) is 0. The quantitative estimate of drug-likeness (QED) is 0.769. The zero-order valence-corrected chi connectivity index (χ0v) is 10.6. The molecule has 0 radical (unpaired) electrons. The van der Waals surface area contributed by atoms with E-state index < -0.39 is 0 Å². The first-order valence-electron chi connectivity index (χ1n) is 4.58. The van der Waals surface area contributed by atoms with Gasteiger partial charge < -0.3 is 0 Å². The molecule has 0 aliphatic rings. The summed E-state index contributed by atoms with van der Waals surface area (Å²) >= 11 is 9.36. The van der Waals surface area contributed by atoms with Crippen LogP contribution in [0.5, 0.6) is 0 Å². The third-order valence-corrected chi connectivity index (χ3v) is 3.21. The van der Waals surface area contributed by atoms with E-state index in [-0.39, 0.29) is 0 Å². The summed E-state index contributed by atoms with van der Waals surface area (Å²) < 4.78 is 1.79. The summed E-state index contributed by atoms with van der Waals surface area (Å²) in [6.45, 7) is 1.89. The predicted octanol–water partition coefficient (Wildman–Crippen LogP) is 3.73. The van der Waals surface area contributed by atoms with E-state index in [1.165, 1.54) is 5.56 Å². The van der Waals surface area contributed by atoms with Crippen molar-refractivity contribution >= 4 is 27.5 Å². The smallest absolute Gasteiger partial charge is 0.0819 e. The molecule has 4 heteroatoms. The Bertz CT molecular complexity index is 442. The highest BCUT2D eigenvalue weighted by Crippen LogP contribution is 2.17. The van der Waals surface area contributed by atoms with Crippen molar-refractivity contribution in [2.24, 2.45) is 0 Å². The van der Waals surface area contributed by atoms with Crippen LogP contribution in [-0.2, 0) is 5.33 Å². The fourth-order valence-corrected chi connectivity index (χ4v) is 1.81. The highest BCUT2D eigenvalue weighted by molar-refractivity contribution is 9.08. The average molecular weight is 286 g/mol. The number of rotatable bonds is 2. The van der Waals surface area contributed by atoms with Gasteiger partial charge in [-0.15, -0.1) is 0 Å². The number of aromatic nitrogens is 2. The van der Waals surface area contributed by atoms with Crippen LogP contribution in [-0.4, -0.2) is 9.78 Å². The Hall–Kier alpha value is -0.800. The van der Waals surface area contributed by atoms with Crippen molar-refractivity contribution in [3.8, 4) is 5.69 Å². The fourth-order valence-electron chi connectivity index (χ4n) is 1.31. The third-order valence-electron chi connectivity index (χ3n) is 2.19. The number of hydrogen-bond donors (Lipinski definition) is 0. The van der Waals surface area contributed by atoms with Gasteiger partial charge in [0.1, 0.15) is 0 Å². The zero-order chi connectivity index (χ0) is 10.8. The minimum atomic E-state index is 0.694. The number of hydrogen-bond acceptors (Lipinski definition) is 1. The maximum Gasteiger partial charge on any atom is 0.0819 e. The van der Waals surface area contributed by atoms with Crippen molar-refractivity contribution in [3.63, 3.8) is 0 Å². The van der Waals surface area contributed by atoms with Crippen molar-refractivity contribution in [2.45, 2.75) is 12.3 Å². The molecule has 1 aromatic heterocycles. The molecule has 2 rings (SSSR count). The van der Waals surface area contributed by atoms with Crippen LogP contribution in [0.3, 0.4) is 0 Å². The zero-order valence-electron chi connectivity index (χ0n) is 8.24. The molecular formula is C11H10BrClN2. The lowest BCUT2D eigenvalue weighted by Crippen LogP contribution is -1.94. The van der Waals surface area contributed by atoms with Crippen LogP contribution in [0, 0.1) is 6.92 Å². The summed E-state index contributed by atoms with van der Waals surface area (Å²) in [6.07, 6.45) is 1.82.